The molecule has 1 aliphatic heterocycles. The van der Waals surface area contributed by atoms with Crippen LogP contribution in [0.5, 0.6) is 0 Å². The fraction of sp³-hybridized carbons (Fsp3) is 0.333. The van der Waals surface area contributed by atoms with E-state index in [9.17, 15) is 14.4 Å². The number of aryl methyl sites for hydroxylation is 2. The number of thioether (sulfide) groups is 1. The van der Waals surface area contributed by atoms with Crippen molar-refractivity contribution in [3.63, 3.8) is 0 Å². The van der Waals surface area contributed by atoms with Crippen LogP contribution >= 0.6 is 23.1 Å². The first kappa shape index (κ1) is 19.3. The minimum absolute atomic E-state index is 0.0423. The van der Waals surface area contributed by atoms with Crippen molar-refractivity contribution in [3.8, 4) is 0 Å². The highest BCUT2D eigenvalue weighted by molar-refractivity contribution is 8.01. The molecule has 0 bridgehead atoms. The van der Waals surface area contributed by atoms with E-state index in [-0.39, 0.29) is 24.5 Å². The van der Waals surface area contributed by atoms with Gasteiger partial charge in [-0.05, 0) is 37.8 Å². The van der Waals surface area contributed by atoms with Crippen molar-refractivity contribution in [1.29, 1.82) is 0 Å². The van der Waals surface area contributed by atoms with Gasteiger partial charge in [-0.3, -0.25) is 18.8 Å². The smallest absolute Gasteiger partial charge is 0.307 e. The summed E-state index contributed by atoms with van der Waals surface area (Å²) < 4.78 is 7.02. The number of amides is 1. The number of rotatable bonds is 4. The van der Waals surface area contributed by atoms with Crippen LogP contribution in [-0.4, -0.2) is 26.5 Å². The summed E-state index contributed by atoms with van der Waals surface area (Å²) in [6.07, 6.45) is 4.06. The summed E-state index contributed by atoms with van der Waals surface area (Å²) in [7, 11) is 0. The average Bonchev–Trinajstić information content (AvgIpc) is 3.12. The standard InChI is InChI=1S/C21H19N3O4S2/c25-18-9-12(22-21-24(18)14-6-2-4-8-16(14)30-21)11-28-19(26)10-17-20(27)23-13-5-1-3-7-15(13)29-17/h1,3,5,7,9,17H,2,4,6,8,10-11H2,(H,23,27)/t17-/m0/s1. The summed E-state index contributed by atoms with van der Waals surface area (Å²) in [6.45, 7) is -0.0806. The van der Waals surface area contributed by atoms with E-state index in [1.807, 2.05) is 24.3 Å². The molecule has 1 N–H and O–H groups in total. The maximum absolute atomic E-state index is 12.6. The lowest BCUT2D eigenvalue weighted by Gasteiger charge is -2.23. The van der Waals surface area contributed by atoms with Gasteiger partial charge in [-0.25, -0.2) is 4.98 Å². The lowest BCUT2D eigenvalue weighted by atomic mass is 10.0. The largest absolute Gasteiger partial charge is 0.459 e. The number of ether oxygens (including phenoxy) is 1. The molecule has 30 heavy (non-hydrogen) atoms. The first-order valence-corrected chi connectivity index (χ1v) is 11.5. The number of anilines is 1. The summed E-state index contributed by atoms with van der Waals surface area (Å²) in [6, 6.07) is 8.91. The van der Waals surface area contributed by atoms with E-state index in [2.05, 4.69) is 10.3 Å². The number of esters is 1. The van der Waals surface area contributed by atoms with E-state index in [0.29, 0.717) is 10.7 Å². The number of hydrogen-bond donors (Lipinski definition) is 1. The normalized spacial score (nSPS) is 17.9. The van der Waals surface area contributed by atoms with E-state index in [1.54, 1.807) is 4.40 Å². The fourth-order valence-electron chi connectivity index (χ4n) is 3.81. The highest BCUT2D eigenvalue weighted by Gasteiger charge is 2.29. The van der Waals surface area contributed by atoms with Gasteiger partial charge in [-0.2, -0.15) is 0 Å². The summed E-state index contributed by atoms with van der Waals surface area (Å²) in [5.41, 5.74) is 2.12. The highest BCUT2D eigenvalue weighted by Crippen LogP contribution is 2.36. The average molecular weight is 442 g/mol. The molecule has 3 heterocycles. The molecule has 2 aliphatic rings. The number of carbonyl (C=O) groups excluding carboxylic acids is 2. The van der Waals surface area contributed by atoms with Gasteiger partial charge in [-0.15, -0.1) is 23.1 Å². The third-order valence-corrected chi connectivity index (χ3v) is 7.67. The van der Waals surface area contributed by atoms with E-state index < -0.39 is 11.2 Å². The molecule has 5 rings (SSSR count). The Morgan fingerprint density at radius 1 is 1.23 bits per heavy atom. The Morgan fingerprint density at radius 2 is 2.07 bits per heavy atom. The van der Waals surface area contributed by atoms with Crippen molar-refractivity contribution >= 4 is 45.6 Å². The van der Waals surface area contributed by atoms with Crippen molar-refractivity contribution in [2.75, 3.05) is 5.32 Å². The summed E-state index contributed by atoms with van der Waals surface area (Å²) in [5, 5.41) is 2.27. The van der Waals surface area contributed by atoms with Gasteiger partial charge in [0.05, 0.1) is 23.1 Å². The Balaban J connectivity index is 1.26. The predicted molar refractivity (Wildman–Crippen MR) is 115 cm³/mol. The van der Waals surface area contributed by atoms with Crippen molar-refractivity contribution in [2.24, 2.45) is 0 Å². The first-order valence-electron chi connectivity index (χ1n) is 9.84. The topological polar surface area (TPSA) is 89.8 Å². The van der Waals surface area contributed by atoms with E-state index >= 15 is 0 Å². The molecule has 0 saturated heterocycles. The fourth-order valence-corrected chi connectivity index (χ4v) is 6.13. The Hall–Kier alpha value is -2.65. The molecule has 0 fully saturated rings. The minimum atomic E-state index is -0.544. The zero-order valence-corrected chi connectivity index (χ0v) is 17.7. The van der Waals surface area contributed by atoms with Crippen LogP contribution in [-0.2, 0) is 33.8 Å². The Bertz CT molecular complexity index is 1220. The zero-order chi connectivity index (χ0) is 20.7. The van der Waals surface area contributed by atoms with Crippen LogP contribution in [0.25, 0.3) is 4.96 Å². The van der Waals surface area contributed by atoms with E-state index in [4.69, 9.17) is 4.74 Å². The molecule has 0 spiro atoms. The Morgan fingerprint density at radius 3 is 2.97 bits per heavy atom. The van der Waals surface area contributed by atoms with Crippen LogP contribution in [0, 0.1) is 0 Å². The molecular weight excluding hydrogens is 422 g/mol. The molecule has 154 valence electrons. The second-order valence-electron chi connectivity index (χ2n) is 7.34. The highest BCUT2D eigenvalue weighted by atomic mass is 32.2. The number of thiazole rings is 1. The molecule has 7 nitrogen and oxygen atoms in total. The SMILES string of the molecule is O=C(C[C@@H]1Sc2ccccc2NC1=O)OCc1cc(=O)n2c3c(sc2n1)CCCC3. The van der Waals surface area contributed by atoms with E-state index in [1.165, 1.54) is 34.0 Å². The number of aromatic nitrogens is 2. The van der Waals surface area contributed by atoms with Gasteiger partial charge in [0.25, 0.3) is 5.56 Å². The molecule has 0 saturated carbocycles. The molecule has 2 aromatic heterocycles. The number of benzene rings is 1. The van der Waals surface area contributed by atoms with Gasteiger partial charge in [0.1, 0.15) is 6.61 Å². The summed E-state index contributed by atoms with van der Waals surface area (Å²) in [5.74, 6) is -0.702. The lowest BCUT2D eigenvalue weighted by molar-refractivity contribution is -0.145. The van der Waals surface area contributed by atoms with Gasteiger partial charge < -0.3 is 10.1 Å². The number of nitrogens with one attached hydrogen (secondary N) is 1. The lowest BCUT2D eigenvalue weighted by Crippen LogP contribution is -2.31. The zero-order valence-electron chi connectivity index (χ0n) is 16.1. The molecule has 1 aliphatic carbocycles. The quantitative estimate of drug-likeness (QED) is 0.626. The van der Waals surface area contributed by atoms with Gasteiger partial charge in [0.15, 0.2) is 4.96 Å². The van der Waals surface area contributed by atoms with Crippen molar-refractivity contribution in [1.82, 2.24) is 9.38 Å². The second kappa shape index (κ2) is 7.88. The van der Waals surface area contributed by atoms with Crippen molar-refractivity contribution in [3.05, 3.63) is 57.0 Å². The van der Waals surface area contributed by atoms with Crippen LogP contribution in [0.1, 0.15) is 35.5 Å². The molecular formula is C21H19N3O4S2. The summed E-state index contributed by atoms with van der Waals surface area (Å²) >= 11 is 2.89. The molecule has 1 aromatic carbocycles. The number of para-hydroxylation sites is 1. The number of nitrogens with zero attached hydrogens (tertiary/aromatic N) is 2. The second-order valence-corrected chi connectivity index (χ2v) is 9.65. The minimum Gasteiger partial charge on any atom is -0.459 e. The molecule has 1 amide bonds. The van der Waals surface area contributed by atoms with Gasteiger partial charge >= 0.3 is 5.97 Å². The monoisotopic (exact) mass is 441 g/mol. The molecule has 1 atom stereocenters. The van der Waals surface area contributed by atoms with Crippen molar-refractivity contribution in [2.45, 2.75) is 48.9 Å². The maximum atomic E-state index is 12.6. The molecule has 3 aromatic rings. The number of carbonyl (C=O) groups is 2. The third-order valence-electron chi connectivity index (χ3n) is 5.25. The Labute approximate surface area is 180 Å². The van der Waals surface area contributed by atoms with Gasteiger partial charge in [0.2, 0.25) is 5.91 Å². The van der Waals surface area contributed by atoms with Crippen LogP contribution in [0.15, 0.2) is 40.0 Å². The van der Waals surface area contributed by atoms with Crippen LogP contribution in [0.3, 0.4) is 0 Å². The number of fused-ring (bicyclic) bond motifs is 4. The molecule has 9 heteroatoms. The van der Waals surface area contributed by atoms with Gasteiger partial charge in [0, 0.05) is 21.5 Å². The predicted octanol–water partition coefficient (Wildman–Crippen LogP) is 3.18. The van der Waals surface area contributed by atoms with Crippen molar-refractivity contribution < 1.29 is 14.3 Å². The molecule has 0 unspecified atom stereocenters. The third kappa shape index (κ3) is 3.63. The maximum Gasteiger partial charge on any atom is 0.307 e. The number of hydrogen-bond acceptors (Lipinski definition) is 7. The van der Waals surface area contributed by atoms with Crippen LogP contribution in [0.2, 0.25) is 0 Å². The van der Waals surface area contributed by atoms with E-state index in [0.717, 1.165) is 42.0 Å². The Kier molecular flexibility index (Phi) is 5.08. The van der Waals surface area contributed by atoms with Gasteiger partial charge in [-0.1, -0.05) is 12.1 Å². The summed E-state index contributed by atoms with van der Waals surface area (Å²) in [4.78, 5) is 44.5. The molecule has 0 radical (unpaired) electrons. The first-order chi connectivity index (χ1) is 14.6. The van der Waals surface area contributed by atoms with Crippen LogP contribution in [0.4, 0.5) is 5.69 Å². The van der Waals surface area contributed by atoms with Crippen LogP contribution < -0.4 is 10.9 Å².